The number of ketones is 1. The van der Waals surface area contributed by atoms with Crippen molar-refractivity contribution in [3.05, 3.63) is 51.3 Å². The molecular formula is C22H27ClN2O7S. The number of H-pyrrole nitrogens is 1. The summed E-state index contributed by atoms with van der Waals surface area (Å²) in [7, 11) is -2.78. The Hall–Kier alpha value is -2.69. The Morgan fingerprint density at radius 3 is 2.27 bits per heavy atom. The number of methoxy groups -OCH3 is 1. The number of rotatable bonds is 7. The number of hydrogen-bond acceptors (Lipinski definition) is 7. The molecule has 0 saturated carbocycles. The Labute approximate surface area is 197 Å². The third-order valence-corrected chi connectivity index (χ3v) is 6.86. The van der Waals surface area contributed by atoms with Crippen molar-refractivity contribution in [2.24, 2.45) is 0 Å². The van der Waals surface area contributed by atoms with Gasteiger partial charge in [-0.1, -0.05) is 11.6 Å². The molecule has 2 rings (SSSR count). The van der Waals surface area contributed by atoms with Gasteiger partial charge in [-0.3, -0.25) is 4.79 Å². The second-order valence-electron chi connectivity index (χ2n) is 8.53. The number of carbonyl (C=O) groups excluding carboxylic acids is 3. The van der Waals surface area contributed by atoms with Crippen LogP contribution in [0.1, 0.15) is 70.2 Å². The van der Waals surface area contributed by atoms with Gasteiger partial charge in [0.25, 0.3) is 0 Å². The summed E-state index contributed by atoms with van der Waals surface area (Å²) in [5.41, 5.74) is 0.304. The van der Waals surface area contributed by atoms with E-state index in [9.17, 15) is 22.8 Å². The van der Waals surface area contributed by atoms with Gasteiger partial charge >= 0.3 is 11.9 Å². The number of aryl methyl sites for hydroxylation is 1. The van der Waals surface area contributed by atoms with E-state index >= 15 is 0 Å². The van der Waals surface area contributed by atoms with Crippen LogP contribution in [-0.2, 0) is 19.5 Å². The monoisotopic (exact) mass is 498 g/mol. The number of esters is 2. The van der Waals surface area contributed by atoms with Crippen molar-refractivity contribution in [3.63, 3.8) is 0 Å². The lowest BCUT2D eigenvalue weighted by atomic mass is 10.1. The molecule has 0 radical (unpaired) electrons. The summed E-state index contributed by atoms with van der Waals surface area (Å²) in [5.74, 6) is -2.06. The van der Waals surface area contributed by atoms with Crippen LogP contribution in [0, 0.1) is 13.8 Å². The normalized spacial score (nSPS) is 12.8. The summed E-state index contributed by atoms with van der Waals surface area (Å²) < 4.78 is 37.8. The zero-order valence-electron chi connectivity index (χ0n) is 19.5. The van der Waals surface area contributed by atoms with Crippen LogP contribution in [0.15, 0.2) is 23.1 Å². The number of carbonyl (C=O) groups is 3. The van der Waals surface area contributed by atoms with Crippen LogP contribution in [0.25, 0.3) is 0 Å². The largest absolute Gasteiger partial charge is 0.465 e. The van der Waals surface area contributed by atoms with Crippen LogP contribution < -0.4 is 4.72 Å². The highest BCUT2D eigenvalue weighted by Crippen LogP contribution is 2.25. The first-order valence-corrected chi connectivity index (χ1v) is 11.8. The van der Waals surface area contributed by atoms with Crippen molar-refractivity contribution < 1.29 is 32.3 Å². The van der Waals surface area contributed by atoms with Gasteiger partial charge in [0.15, 0.2) is 6.10 Å². The maximum absolute atomic E-state index is 12.9. The molecule has 180 valence electrons. The molecular weight excluding hydrogens is 472 g/mol. The lowest BCUT2D eigenvalue weighted by Gasteiger charge is -2.21. The number of aromatic nitrogens is 1. The number of halogens is 1. The highest BCUT2D eigenvalue weighted by molar-refractivity contribution is 7.89. The van der Waals surface area contributed by atoms with Gasteiger partial charge in [0.1, 0.15) is 4.90 Å². The van der Waals surface area contributed by atoms with Gasteiger partial charge in [0.2, 0.25) is 15.8 Å². The van der Waals surface area contributed by atoms with E-state index in [1.54, 1.807) is 34.6 Å². The molecule has 1 atom stereocenters. The van der Waals surface area contributed by atoms with Crippen LogP contribution in [-0.4, -0.2) is 49.9 Å². The molecule has 0 aliphatic rings. The van der Waals surface area contributed by atoms with Crippen LogP contribution in [0.2, 0.25) is 5.02 Å². The van der Waals surface area contributed by atoms with Gasteiger partial charge in [-0.15, -0.1) is 0 Å². The lowest BCUT2D eigenvalue weighted by molar-refractivity contribution is 0.0316. The molecule has 0 aliphatic carbocycles. The minimum Gasteiger partial charge on any atom is -0.465 e. The fourth-order valence-electron chi connectivity index (χ4n) is 3.18. The summed E-state index contributed by atoms with van der Waals surface area (Å²) in [5, 5.41) is -0.0692. The van der Waals surface area contributed by atoms with Gasteiger partial charge in [0, 0.05) is 11.2 Å². The molecule has 1 heterocycles. The first-order valence-electron chi connectivity index (χ1n) is 9.95. The predicted molar refractivity (Wildman–Crippen MR) is 122 cm³/mol. The number of benzene rings is 1. The number of sulfonamides is 1. The van der Waals surface area contributed by atoms with Gasteiger partial charge in [-0.25, -0.2) is 22.7 Å². The van der Waals surface area contributed by atoms with Gasteiger partial charge in [-0.05, 0) is 65.3 Å². The Morgan fingerprint density at radius 2 is 1.73 bits per heavy atom. The smallest absolute Gasteiger partial charge is 0.339 e. The lowest BCUT2D eigenvalue weighted by Crippen LogP contribution is -2.40. The standard InChI is InChI=1S/C22H27ClN2O7S/c1-11-17(21(28)31-7)12(2)24-18(11)19(26)13(3)32-20(27)14-8-9-15(23)16(10-14)33(29,30)25-22(4,5)6/h8-10,13,24-25H,1-7H3. The third kappa shape index (κ3) is 6.01. The third-order valence-electron chi connectivity index (χ3n) is 4.62. The van der Waals surface area contributed by atoms with Crippen molar-refractivity contribution in [1.29, 1.82) is 0 Å². The molecule has 2 N–H and O–H groups in total. The van der Waals surface area contributed by atoms with Gasteiger partial charge < -0.3 is 14.5 Å². The molecule has 0 saturated heterocycles. The van der Waals surface area contributed by atoms with E-state index in [1.165, 1.54) is 26.2 Å². The minimum absolute atomic E-state index is 0.0692. The number of ether oxygens (including phenoxy) is 2. The first kappa shape index (κ1) is 26.6. The molecule has 0 amide bonds. The first-order chi connectivity index (χ1) is 15.1. The van der Waals surface area contributed by atoms with Gasteiger partial charge in [0.05, 0.1) is 29.0 Å². The second-order valence-corrected chi connectivity index (χ2v) is 10.6. The number of aromatic amines is 1. The minimum atomic E-state index is -4.02. The fourth-order valence-corrected chi connectivity index (χ4v) is 5.13. The number of nitrogens with one attached hydrogen (secondary N) is 2. The highest BCUT2D eigenvalue weighted by Gasteiger charge is 2.29. The SMILES string of the molecule is COC(=O)c1c(C)[nH]c(C(=O)C(C)OC(=O)c2ccc(Cl)c(S(=O)(=O)NC(C)(C)C)c2)c1C. The maximum Gasteiger partial charge on any atom is 0.339 e. The molecule has 9 nitrogen and oxygen atoms in total. The summed E-state index contributed by atoms with van der Waals surface area (Å²) >= 11 is 6.06. The van der Waals surface area contributed by atoms with Crippen LogP contribution in [0.4, 0.5) is 0 Å². The number of Topliss-reactive ketones (excluding diaryl/α,β-unsaturated/α-hetero) is 1. The van der Waals surface area contributed by atoms with E-state index < -0.39 is 39.4 Å². The van der Waals surface area contributed by atoms with Crippen LogP contribution >= 0.6 is 11.6 Å². The van der Waals surface area contributed by atoms with Gasteiger partial charge in [-0.2, -0.15) is 0 Å². The van der Waals surface area contributed by atoms with Crippen molar-refractivity contribution in [1.82, 2.24) is 9.71 Å². The summed E-state index contributed by atoms with van der Waals surface area (Å²) in [6.45, 7) is 9.58. The van der Waals surface area contributed by atoms with E-state index in [4.69, 9.17) is 21.1 Å². The zero-order chi connectivity index (χ0) is 25.3. The highest BCUT2D eigenvalue weighted by atomic mass is 35.5. The molecule has 1 aromatic carbocycles. The quantitative estimate of drug-likeness (QED) is 0.440. The molecule has 1 unspecified atom stereocenters. The second kappa shape index (κ2) is 9.66. The summed E-state index contributed by atoms with van der Waals surface area (Å²) in [4.78, 5) is 40.0. The van der Waals surface area contributed by atoms with E-state index in [2.05, 4.69) is 9.71 Å². The van der Waals surface area contributed by atoms with Crippen LogP contribution in [0.5, 0.6) is 0 Å². The van der Waals surface area contributed by atoms with E-state index in [0.29, 0.717) is 11.3 Å². The fraction of sp³-hybridized carbons (Fsp3) is 0.409. The Bertz CT molecular complexity index is 1210. The molecule has 0 fully saturated rings. The predicted octanol–water partition coefficient (Wildman–Crippen LogP) is 3.58. The van der Waals surface area contributed by atoms with Crippen molar-refractivity contribution in [2.75, 3.05) is 7.11 Å². The summed E-state index contributed by atoms with van der Waals surface area (Å²) in [6, 6.07) is 3.66. The van der Waals surface area contributed by atoms with Crippen molar-refractivity contribution in [3.8, 4) is 0 Å². The van der Waals surface area contributed by atoms with Crippen molar-refractivity contribution >= 4 is 39.3 Å². The van der Waals surface area contributed by atoms with E-state index in [0.717, 1.165) is 6.07 Å². The molecule has 0 spiro atoms. The topological polar surface area (TPSA) is 132 Å². The average molecular weight is 499 g/mol. The Kier molecular flexibility index (Phi) is 7.78. The average Bonchev–Trinajstić information content (AvgIpc) is 2.99. The molecule has 0 bridgehead atoms. The van der Waals surface area contributed by atoms with E-state index in [-0.39, 0.29) is 26.7 Å². The molecule has 0 aliphatic heterocycles. The maximum atomic E-state index is 12.9. The van der Waals surface area contributed by atoms with Crippen LogP contribution in [0.3, 0.4) is 0 Å². The van der Waals surface area contributed by atoms with Crippen molar-refractivity contribution in [2.45, 2.75) is 58.1 Å². The molecule has 2 aromatic rings. The Morgan fingerprint density at radius 1 is 1.12 bits per heavy atom. The number of hydrogen-bond donors (Lipinski definition) is 2. The molecule has 33 heavy (non-hydrogen) atoms. The Balaban J connectivity index is 2.29. The summed E-state index contributed by atoms with van der Waals surface area (Å²) in [6.07, 6.45) is -1.22. The molecule has 11 heteroatoms. The molecule has 1 aromatic heterocycles. The zero-order valence-corrected chi connectivity index (χ0v) is 21.0. The van der Waals surface area contributed by atoms with E-state index in [1.807, 2.05) is 0 Å².